The summed E-state index contributed by atoms with van der Waals surface area (Å²) in [6.07, 6.45) is 0. The molecule has 0 saturated heterocycles. The van der Waals surface area contributed by atoms with Crippen molar-refractivity contribution in [3.05, 3.63) is 57.8 Å². The van der Waals surface area contributed by atoms with Gasteiger partial charge in [0, 0.05) is 23.0 Å². The first-order valence-corrected chi connectivity index (χ1v) is 11.1. The van der Waals surface area contributed by atoms with Crippen LogP contribution in [0.25, 0.3) is 21.9 Å². The smallest absolute Gasteiger partial charge is 0.278 e. The van der Waals surface area contributed by atoms with Crippen LogP contribution in [0.15, 0.2) is 52.4 Å². The summed E-state index contributed by atoms with van der Waals surface area (Å²) >= 11 is 7.21. The number of thioether (sulfide) groups is 1. The summed E-state index contributed by atoms with van der Waals surface area (Å²) in [6.45, 7) is 0.659. The highest BCUT2D eigenvalue weighted by Crippen LogP contribution is 2.28. The predicted molar refractivity (Wildman–Crippen MR) is 127 cm³/mol. The topological polar surface area (TPSA) is 98.2 Å². The SMILES string of the molecule is COCCn1c(SCC(=O)Nc2cc(Cl)ccc2OC)nc2c([nH]c3ccccc32)c1=O. The van der Waals surface area contributed by atoms with Gasteiger partial charge in [0.1, 0.15) is 16.8 Å². The first-order valence-electron chi connectivity index (χ1n) is 9.78. The zero-order valence-corrected chi connectivity index (χ0v) is 19.0. The van der Waals surface area contributed by atoms with Gasteiger partial charge in [-0.15, -0.1) is 0 Å². The summed E-state index contributed by atoms with van der Waals surface area (Å²) in [6, 6.07) is 12.6. The summed E-state index contributed by atoms with van der Waals surface area (Å²) in [4.78, 5) is 33.7. The van der Waals surface area contributed by atoms with Crippen LogP contribution >= 0.6 is 23.4 Å². The Hall–Kier alpha value is -3.01. The standard InChI is InChI=1S/C22H21ClN4O4S/c1-30-10-9-27-21(29)20-19(14-5-3-4-6-15(14)25-20)26-22(27)32-12-18(28)24-16-11-13(23)7-8-17(16)31-2/h3-8,11,25H,9-10,12H2,1-2H3,(H,24,28). The van der Waals surface area contributed by atoms with Gasteiger partial charge in [0.25, 0.3) is 5.56 Å². The van der Waals surface area contributed by atoms with E-state index < -0.39 is 0 Å². The number of benzene rings is 2. The van der Waals surface area contributed by atoms with Gasteiger partial charge in [-0.2, -0.15) is 0 Å². The quantitative estimate of drug-likeness (QED) is 0.298. The summed E-state index contributed by atoms with van der Waals surface area (Å²) in [5.41, 5.74) is 2.11. The molecule has 4 rings (SSSR count). The minimum atomic E-state index is -0.276. The maximum Gasteiger partial charge on any atom is 0.278 e. The fourth-order valence-corrected chi connectivity index (χ4v) is 4.35. The van der Waals surface area contributed by atoms with Crippen LogP contribution in [0.2, 0.25) is 5.02 Å². The highest BCUT2D eigenvalue weighted by Gasteiger charge is 2.17. The first kappa shape index (κ1) is 22.2. The number of para-hydroxylation sites is 1. The maximum absolute atomic E-state index is 13.2. The molecule has 0 spiro atoms. The summed E-state index contributed by atoms with van der Waals surface area (Å²) < 4.78 is 12.0. The van der Waals surface area contributed by atoms with Gasteiger partial charge in [0.15, 0.2) is 5.16 Å². The van der Waals surface area contributed by atoms with Gasteiger partial charge in [-0.1, -0.05) is 41.6 Å². The van der Waals surface area contributed by atoms with E-state index in [2.05, 4.69) is 10.3 Å². The Morgan fingerprint density at radius 1 is 1.25 bits per heavy atom. The van der Waals surface area contributed by atoms with E-state index in [9.17, 15) is 9.59 Å². The molecule has 2 aromatic carbocycles. The van der Waals surface area contributed by atoms with Gasteiger partial charge in [-0.05, 0) is 24.3 Å². The highest BCUT2D eigenvalue weighted by atomic mass is 35.5. The van der Waals surface area contributed by atoms with Gasteiger partial charge in [-0.3, -0.25) is 14.2 Å². The molecule has 1 amide bonds. The lowest BCUT2D eigenvalue weighted by Crippen LogP contribution is -2.26. The van der Waals surface area contributed by atoms with Crippen molar-refractivity contribution in [1.82, 2.24) is 14.5 Å². The number of nitrogens with one attached hydrogen (secondary N) is 2. The van der Waals surface area contributed by atoms with E-state index in [4.69, 9.17) is 26.1 Å². The molecule has 4 aromatic rings. The maximum atomic E-state index is 13.2. The second kappa shape index (κ2) is 9.64. The number of aromatic nitrogens is 3. The van der Waals surface area contributed by atoms with E-state index in [1.807, 2.05) is 24.3 Å². The van der Waals surface area contributed by atoms with E-state index in [1.54, 1.807) is 25.3 Å². The Bertz CT molecular complexity index is 1350. The molecule has 2 N–H and O–H groups in total. The van der Waals surface area contributed by atoms with Crippen LogP contribution in [0.5, 0.6) is 5.75 Å². The Labute approximate surface area is 192 Å². The van der Waals surface area contributed by atoms with E-state index in [0.717, 1.165) is 10.9 Å². The van der Waals surface area contributed by atoms with Gasteiger partial charge < -0.3 is 19.8 Å². The monoisotopic (exact) mass is 472 g/mol. The molecule has 166 valence electrons. The van der Waals surface area contributed by atoms with Crippen molar-refractivity contribution in [1.29, 1.82) is 0 Å². The summed E-state index contributed by atoms with van der Waals surface area (Å²) in [7, 11) is 3.08. The number of hydrogen-bond donors (Lipinski definition) is 2. The van der Waals surface area contributed by atoms with Crippen molar-refractivity contribution in [2.24, 2.45) is 0 Å². The zero-order chi connectivity index (χ0) is 22.7. The summed E-state index contributed by atoms with van der Waals surface area (Å²) in [5.74, 6) is 0.272. The van der Waals surface area contributed by atoms with Crippen molar-refractivity contribution < 1.29 is 14.3 Å². The molecule has 0 atom stereocenters. The molecule has 0 unspecified atom stereocenters. The molecule has 0 fully saturated rings. The number of ether oxygens (including phenoxy) is 2. The minimum Gasteiger partial charge on any atom is -0.495 e. The van der Waals surface area contributed by atoms with Crippen molar-refractivity contribution in [3.63, 3.8) is 0 Å². The normalized spacial score (nSPS) is 11.2. The van der Waals surface area contributed by atoms with E-state index in [1.165, 1.54) is 23.4 Å². The van der Waals surface area contributed by atoms with Crippen LogP contribution in [0.3, 0.4) is 0 Å². The molecular weight excluding hydrogens is 452 g/mol. The number of H-pyrrole nitrogens is 1. The highest BCUT2D eigenvalue weighted by molar-refractivity contribution is 7.99. The number of halogens is 1. The average molecular weight is 473 g/mol. The number of nitrogens with zero attached hydrogens (tertiary/aromatic N) is 2. The number of amides is 1. The molecular formula is C22H21ClN4O4S. The second-order valence-electron chi connectivity index (χ2n) is 6.92. The minimum absolute atomic E-state index is 0.0446. The van der Waals surface area contributed by atoms with Crippen LogP contribution in [0.4, 0.5) is 5.69 Å². The number of anilines is 1. The number of rotatable bonds is 8. The predicted octanol–water partition coefficient (Wildman–Crippen LogP) is 3.92. The molecule has 0 aliphatic rings. The number of carbonyl (C=O) groups excluding carboxylic acids is 1. The third-order valence-corrected chi connectivity index (χ3v) is 6.07. The van der Waals surface area contributed by atoms with Gasteiger partial charge in [0.2, 0.25) is 5.91 Å². The molecule has 8 nitrogen and oxygen atoms in total. The lowest BCUT2D eigenvalue weighted by Gasteiger charge is -2.13. The lowest BCUT2D eigenvalue weighted by atomic mass is 10.2. The number of carbonyl (C=O) groups is 1. The van der Waals surface area contributed by atoms with Crippen LogP contribution < -0.4 is 15.6 Å². The molecule has 0 saturated carbocycles. The fourth-order valence-electron chi connectivity index (χ4n) is 3.36. The van der Waals surface area contributed by atoms with Crippen molar-refractivity contribution in [3.8, 4) is 5.75 Å². The number of hydrogen-bond acceptors (Lipinski definition) is 6. The molecule has 0 aliphatic carbocycles. The Kier molecular flexibility index (Phi) is 6.69. The van der Waals surface area contributed by atoms with E-state index in [-0.39, 0.29) is 17.2 Å². The molecule has 0 bridgehead atoms. The van der Waals surface area contributed by atoms with Gasteiger partial charge in [-0.25, -0.2) is 4.98 Å². The second-order valence-corrected chi connectivity index (χ2v) is 8.30. The Balaban J connectivity index is 1.64. The lowest BCUT2D eigenvalue weighted by molar-refractivity contribution is -0.113. The molecule has 2 aromatic heterocycles. The largest absolute Gasteiger partial charge is 0.495 e. The van der Waals surface area contributed by atoms with Crippen molar-refractivity contribution >= 4 is 56.9 Å². The molecule has 32 heavy (non-hydrogen) atoms. The molecule has 0 radical (unpaired) electrons. The van der Waals surface area contributed by atoms with Crippen molar-refractivity contribution in [2.45, 2.75) is 11.7 Å². The van der Waals surface area contributed by atoms with Crippen molar-refractivity contribution in [2.75, 3.05) is 31.9 Å². The molecule has 0 aliphatic heterocycles. The number of aromatic amines is 1. The van der Waals surface area contributed by atoms with Crippen LogP contribution in [0.1, 0.15) is 0 Å². The van der Waals surface area contributed by atoms with Crippen LogP contribution in [-0.4, -0.2) is 47.0 Å². The third-order valence-electron chi connectivity index (χ3n) is 4.86. The van der Waals surface area contributed by atoms with Gasteiger partial charge >= 0.3 is 0 Å². The average Bonchev–Trinajstić information content (AvgIpc) is 3.16. The van der Waals surface area contributed by atoms with Crippen LogP contribution in [0, 0.1) is 0 Å². The first-order chi connectivity index (χ1) is 15.5. The van der Waals surface area contributed by atoms with E-state index >= 15 is 0 Å². The molecule has 10 heteroatoms. The Morgan fingerprint density at radius 2 is 2.06 bits per heavy atom. The number of methoxy groups -OCH3 is 2. The molecule has 2 heterocycles. The Morgan fingerprint density at radius 3 is 2.84 bits per heavy atom. The zero-order valence-electron chi connectivity index (χ0n) is 17.5. The van der Waals surface area contributed by atoms with Gasteiger partial charge in [0.05, 0.1) is 31.7 Å². The summed E-state index contributed by atoms with van der Waals surface area (Å²) in [5, 5.41) is 4.57. The number of fused-ring (bicyclic) bond motifs is 3. The fraction of sp³-hybridized carbons (Fsp3) is 0.227. The van der Waals surface area contributed by atoms with E-state index in [0.29, 0.717) is 45.8 Å². The van der Waals surface area contributed by atoms with Crippen LogP contribution in [-0.2, 0) is 16.1 Å². The third kappa shape index (κ3) is 4.45.